The van der Waals surface area contributed by atoms with Crippen LogP contribution in [0.15, 0.2) is 40.2 Å². The van der Waals surface area contributed by atoms with Gasteiger partial charge in [0.25, 0.3) is 5.91 Å². The van der Waals surface area contributed by atoms with Crippen LogP contribution in [0.2, 0.25) is 0 Å². The molecule has 0 aliphatic heterocycles. The quantitative estimate of drug-likeness (QED) is 0.894. The van der Waals surface area contributed by atoms with Crippen molar-refractivity contribution in [3.8, 4) is 0 Å². The molecule has 1 heterocycles. The second-order valence-corrected chi connectivity index (χ2v) is 6.17. The highest BCUT2D eigenvalue weighted by Gasteiger charge is 2.13. The van der Waals surface area contributed by atoms with Crippen molar-refractivity contribution in [3.63, 3.8) is 0 Å². The maximum absolute atomic E-state index is 13.0. The van der Waals surface area contributed by atoms with Crippen LogP contribution in [-0.2, 0) is 6.42 Å². The largest absolute Gasteiger partial charge is 0.349 e. The van der Waals surface area contributed by atoms with Crippen LogP contribution in [0.1, 0.15) is 22.2 Å². The Balaban J connectivity index is 2.00. The fourth-order valence-corrected chi connectivity index (χ4v) is 3.12. The van der Waals surface area contributed by atoms with E-state index in [0.717, 1.165) is 6.42 Å². The van der Waals surface area contributed by atoms with E-state index in [4.69, 9.17) is 0 Å². The van der Waals surface area contributed by atoms with E-state index in [2.05, 4.69) is 21.2 Å². The molecule has 0 fully saturated rings. The summed E-state index contributed by atoms with van der Waals surface area (Å²) in [7, 11) is 0. The van der Waals surface area contributed by atoms with Crippen LogP contribution in [0, 0.1) is 5.82 Å². The molecule has 2 rings (SSSR count). The Labute approximate surface area is 123 Å². The van der Waals surface area contributed by atoms with E-state index in [1.807, 2.05) is 24.4 Å². The molecule has 100 valence electrons. The second-order valence-electron chi connectivity index (χ2n) is 4.28. The van der Waals surface area contributed by atoms with E-state index in [0.29, 0.717) is 10.0 Å². The van der Waals surface area contributed by atoms with Gasteiger partial charge in [-0.3, -0.25) is 4.79 Å². The molecule has 5 heteroatoms. The van der Waals surface area contributed by atoms with Crippen molar-refractivity contribution in [1.29, 1.82) is 0 Å². The zero-order chi connectivity index (χ0) is 13.8. The van der Waals surface area contributed by atoms with Gasteiger partial charge in [0.05, 0.1) is 5.56 Å². The van der Waals surface area contributed by atoms with E-state index in [1.165, 1.54) is 23.1 Å². The van der Waals surface area contributed by atoms with Crippen LogP contribution < -0.4 is 5.32 Å². The highest BCUT2D eigenvalue weighted by Crippen LogP contribution is 2.18. The van der Waals surface area contributed by atoms with Gasteiger partial charge in [0.1, 0.15) is 5.82 Å². The first-order valence-corrected chi connectivity index (χ1v) is 7.52. The van der Waals surface area contributed by atoms with Crippen molar-refractivity contribution in [1.82, 2.24) is 5.32 Å². The third-order valence-electron chi connectivity index (χ3n) is 2.64. The van der Waals surface area contributed by atoms with Gasteiger partial charge in [-0.1, -0.05) is 6.07 Å². The van der Waals surface area contributed by atoms with Crippen molar-refractivity contribution in [2.75, 3.05) is 0 Å². The molecule has 1 atom stereocenters. The van der Waals surface area contributed by atoms with Gasteiger partial charge < -0.3 is 5.32 Å². The Bertz CT molecular complexity index is 571. The molecule has 0 saturated carbocycles. The van der Waals surface area contributed by atoms with Gasteiger partial charge in [0, 0.05) is 21.8 Å². The number of carbonyl (C=O) groups is 1. The number of hydrogen-bond donors (Lipinski definition) is 1. The Morgan fingerprint density at radius 2 is 2.26 bits per heavy atom. The smallest absolute Gasteiger partial charge is 0.252 e. The van der Waals surface area contributed by atoms with Gasteiger partial charge in [0.15, 0.2) is 0 Å². The number of benzene rings is 1. The predicted octanol–water partition coefficient (Wildman–Crippen LogP) is 4.01. The molecule has 1 amide bonds. The van der Waals surface area contributed by atoms with E-state index < -0.39 is 0 Å². The van der Waals surface area contributed by atoms with Crippen molar-refractivity contribution in [3.05, 3.63) is 56.4 Å². The van der Waals surface area contributed by atoms with Crippen LogP contribution in [0.3, 0.4) is 0 Å². The topological polar surface area (TPSA) is 29.1 Å². The summed E-state index contributed by atoms with van der Waals surface area (Å²) in [5.74, 6) is -0.564. The SMILES string of the molecule is CC(Cc1cccs1)NC(=O)c1ccc(F)cc1Br. The molecule has 2 aromatic rings. The molecule has 0 radical (unpaired) electrons. The zero-order valence-electron chi connectivity index (χ0n) is 10.3. The summed E-state index contributed by atoms with van der Waals surface area (Å²) in [6, 6.07) is 8.12. The first kappa shape index (κ1) is 14.2. The second kappa shape index (κ2) is 6.30. The lowest BCUT2D eigenvalue weighted by molar-refractivity contribution is 0.0939. The molecule has 0 aliphatic carbocycles. The molecule has 0 bridgehead atoms. The number of nitrogens with one attached hydrogen (secondary N) is 1. The lowest BCUT2D eigenvalue weighted by Gasteiger charge is -2.13. The van der Waals surface area contributed by atoms with E-state index in [-0.39, 0.29) is 17.8 Å². The molecule has 19 heavy (non-hydrogen) atoms. The van der Waals surface area contributed by atoms with E-state index in [9.17, 15) is 9.18 Å². The molecule has 1 aromatic carbocycles. The summed E-state index contributed by atoms with van der Waals surface area (Å²) in [5.41, 5.74) is 0.444. The molecule has 1 N–H and O–H groups in total. The lowest BCUT2D eigenvalue weighted by atomic mass is 10.1. The van der Waals surface area contributed by atoms with E-state index in [1.54, 1.807) is 11.3 Å². The summed E-state index contributed by atoms with van der Waals surface area (Å²) < 4.78 is 13.4. The van der Waals surface area contributed by atoms with Gasteiger partial charge in [-0.25, -0.2) is 4.39 Å². The minimum absolute atomic E-state index is 0.0307. The Hall–Kier alpha value is -1.20. The first-order chi connectivity index (χ1) is 9.06. The maximum atomic E-state index is 13.0. The predicted molar refractivity (Wildman–Crippen MR) is 79.1 cm³/mol. The Morgan fingerprint density at radius 3 is 2.89 bits per heavy atom. The Kier molecular flexibility index (Phi) is 4.71. The van der Waals surface area contributed by atoms with Crippen LogP contribution in [0.25, 0.3) is 0 Å². The fourth-order valence-electron chi connectivity index (χ4n) is 1.76. The zero-order valence-corrected chi connectivity index (χ0v) is 12.7. The molecule has 1 aromatic heterocycles. The highest BCUT2D eigenvalue weighted by molar-refractivity contribution is 9.10. The van der Waals surface area contributed by atoms with Crippen LogP contribution >= 0.6 is 27.3 Å². The van der Waals surface area contributed by atoms with Gasteiger partial charge >= 0.3 is 0 Å². The van der Waals surface area contributed by atoms with Crippen molar-refractivity contribution in [2.45, 2.75) is 19.4 Å². The number of halogens is 2. The molecular formula is C14H13BrFNOS. The number of amides is 1. The molecule has 0 aliphatic rings. The van der Waals surface area contributed by atoms with Crippen molar-refractivity contribution in [2.24, 2.45) is 0 Å². The summed E-state index contributed by atoms with van der Waals surface area (Å²) in [4.78, 5) is 13.3. The van der Waals surface area contributed by atoms with Gasteiger partial charge in [0.2, 0.25) is 0 Å². The summed E-state index contributed by atoms with van der Waals surface area (Å²) >= 11 is 4.87. The number of rotatable bonds is 4. The summed E-state index contributed by atoms with van der Waals surface area (Å²) in [6.07, 6.45) is 0.794. The molecule has 0 saturated heterocycles. The minimum Gasteiger partial charge on any atom is -0.349 e. The monoisotopic (exact) mass is 341 g/mol. The maximum Gasteiger partial charge on any atom is 0.252 e. The van der Waals surface area contributed by atoms with Gasteiger partial charge in [-0.15, -0.1) is 11.3 Å². The molecule has 1 unspecified atom stereocenters. The fraction of sp³-hybridized carbons (Fsp3) is 0.214. The molecule has 2 nitrogen and oxygen atoms in total. The van der Waals surface area contributed by atoms with Crippen molar-refractivity contribution < 1.29 is 9.18 Å². The number of carbonyl (C=O) groups excluding carboxylic acids is 1. The Morgan fingerprint density at radius 1 is 1.47 bits per heavy atom. The highest BCUT2D eigenvalue weighted by atomic mass is 79.9. The normalized spacial score (nSPS) is 12.2. The number of hydrogen-bond acceptors (Lipinski definition) is 2. The molecule has 0 spiro atoms. The minimum atomic E-state index is -0.366. The summed E-state index contributed by atoms with van der Waals surface area (Å²) in [6.45, 7) is 1.95. The first-order valence-electron chi connectivity index (χ1n) is 5.84. The third kappa shape index (κ3) is 3.88. The van der Waals surface area contributed by atoms with E-state index >= 15 is 0 Å². The van der Waals surface area contributed by atoms with Crippen molar-refractivity contribution >= 4 is 33.2 Å². The van der Waals surface area contributed by atoms with Crippen LogP contribution in [0.4, 0.5) is 4.39 Å². The van der Waals surface area contributed by atoms with Crippen LogP contribution in [-0.4, -0.2) is 11.9 Å². The van der Waals surface area contributed by atoms with Gasteiger partial charge in [-0.2, -0.15) is 0 Å². The third-order valence-corrected chi connectivity index (χ3v) is 4.20. The van der Waals surface area contributed by atoms with Gasteiger partial charge in [-0.05, 0) is 52.5 Å². The van der Waals surface area contributed by atoms with Crippen LogP contribution in [0.5, 0.6) is 0 Å². The summed E-state index contributed by atoms with van der Waals surface area (Å²) in [5, 5.41) is 4.92. The lowest BCUT2D eigenvalue weighted by Crippen LogP contribution is -2.34. The average molecular weight is 342 g/mol. The number of thiophene rings is 1. The average Bonchev–Trinajstić information content (AvgIpc) is 2.81. The molecular weight excluding hydrogens is 329 g/mol. The standard InChI is InChI=1S/C14H13BrFNOS/c1-9(7-11-3-2-6-19-11)17-14(18)12-5-4-10(16)8-13(12)15/h2-6,8-9H,7H2,1H3,(H,17,18).